The number of likely N-dealkylation sites (tertiary alicyclic amines) is 1. The second-order valence-corrected chi connectivity index (χ2v) is 9.37. The number of carbonyl (C=O) groups excluding carboxylic acids is 2. The number of rotatable bonds is 6. The molecule has 5 heteroatoms. The smallest absolute Gasteiger partial charge is 0.312 e. The van der Waals surface area contributed by atoms with E-state index in [0.717, 1.165) is 26.1 Å². The van der Waals surface area contributed by atoms with Gasteiger partial charge in [-0.05, 0) is 42.2 Å². The molecule has 1 spiro atoms. The Morgan fingerprint density at radius 1 is 0.929 bits per heavy atom. The molecular formula is C23H35N3O2. The van der Waals surface area contributed by atoms with Crippen LogP contribution in [-0.2, 0) is 17.8 Å². The molecule has 3 amide bonds. The van der Waals surface area contributed by atoms with Crippen molar-refractivity contribution in [3.63, 3.8) is 0 Å². The van der Waals surface area contributed by atoms with Crippen LogP contribution in [0.25, 0.3) is 0 Å². The third-order valence-electron chi connectivity index (χ3n) is 6.11. The molecule has 0 unspecified atom stereocenters. The van der Waals surface area contributed by atoms with Crippen molar-refractivity contribution in [1.29, 1.82) is 0 Å². The van der Waals surface area contributed by atoms with E-state index in [2.05, 4.69) is 43.0 Å². The Morgan fingerprint density at radius 2 is 1.50 bits per heavy atom. The van der Waals surface area contributed by atoms with E-state index in [4.69, 9.17) is 0 Å². The third-order valence-corrected chi connectivity index (χ3v) is 6.11. The van der Waals surface area contributed by atoms with Gasteiger partial charge in [-0.25, -0.2) is 4.79 Å². The van der Waals surface area contributed by atoms with Crippen LogP contribution < -0.4 is 0 Å². The lowest BCUT2D eigenvalue weighted by molar-refractivity contribution is -0.135. The summed E-state index contributed by atoms with van der Waals surface area (Å²) in [7, 11) is 1.80. The molecule has 3 rings (SSSR count). The van der Waals surface area contributed by atoms with Crippen molar-refractivity contribution in [1.82, 2.24) is 14.7 Å². The van der Waals surface area contributed by atoms with E-state index in [1.807, 2.05) is 13.8 Å². The third kappa shape index (κ3) is 4.09. The number of amides is 3. The van der Waals surface area contributed by atoms with Crippen LogP contribution in [0.4, 0.5) is 4.79 Å². The number of imide groups is 1. The van der Waals surface area contributed by atoms with E-state index >= 15 is 0 Å². The van der Waals surface area contributed by atoms with E-state index < -0.39 is 5.54 Å². The summed E-state index contributed by atoms with van der Waals surface area (Å²) in [6.07, 6.45) is 2.55. The van der Waals surface area contributed by atoms with Crippen molar-refractivity contribution in [3.8, 4) is 0 Å². The molecule has 2 fully saturated rings. The van der Waals surface area contributed by atoms with E-state index in [0.29, 0.717) is 25.3 Å². The first-order chi connectivity index (χ1) is 13.2. The van der Waals surface area contributed by atoms with Gasteiger partial charge in [-0.15, -0.1) is 0 Å². The lowest BCUT2D eigenvalue weighted by Crippen LogP contribution is -2.55. The van der Waals surface area contributed by atoms with Crippen molar-refractivity contribution in [3.05, 3.63) is 35.4 Å². The predicted molar refractivity (Wildman–Crippen MR) is 112 cm³/mol. The number of likely N-dealkylation sites (N-methyl/N-ethyl adjacent to an activating group) is 1. The summed E-state index contributed by atoms with van der Waals surface area (Å²) < 4.78 is 0. The molecule has 1 aromatic rings. The Bertz CT molecular complexity index is 703. The average molecular weight is 386 g/mol. The van der Waals surface area contributed by atoms with Gasteiger partial charge in [-0.1, -0.05) is 52.0 Å². The Balaban J connectivity index is 1.61. The summed E-state index contributed by atoms with van der Waals surface area (Å²) in [6, 6.07) is 8.79. The van der Waals surface area contributed by atoms with Crippen LogP contribution in [0.2, 0.25) is 0 Å². The minimum Gasteiger partial charge on any atom is -0.312 e. The molecule has 154 valence electrons. The molecule has 1 aromatic carbocycles. The van der Waals surface area contributed by atoms with Gasteiger partial charge in [-0.3, -0.25) is 14.6 Å². The number of hydrogen-bond acceptors (Lipinski definition) is 3. The highest BCUT2D eigenvalue weighted by Crippen LogP contribution is 2.36. The first-order valence-electron chi connectivity index (χ1n) is 10.6. The van der Waals surface area contributed by atoms with Gasteiger partial charge in [0.25, 0.3) is 5.91 Å². The zero-order chi connectivity index (χ0) is 20.5. The molecule has 0 N–H and O–H groups in total. The first kappa shape index (κ1) is 20.8. The standard InChI is InChI=1S/C23H35N3O2/c1-17(2)14-19-6-8-20(9-7-19)16-25-12-10-23(11-13-25)21(27)26(15-18(3)4)22(28)24(23)5/h6-9,17-18H,10-16H2,1-5H3. The number of piperidine rings is 1. The van der Waals surface area contributed by atoms with E-state index in [1.165, 1.54) is 16.0 Å². The van der Waals surface area contributed by atoms with Crippen LogP contribution in [0.3, 0.4) is 0 Å². The summed E-state index contributed by atoms with van der Waals surface area (Å²) in [6.45, 7) is 11.7. The Morgan fingerprint density at radius 3 is 2.04 bits per heavy atom. The van der Waals surface area contributed by atoms with Crippen LogP contribution in [-0.4, -0.2) is 58.9 Å². The molecule has 0 saturated carbocycles. The van der Waals surface area contributed by atoms with Crippen LogP contribution in [0, 0.1) is 11.8 Å². The fraction of sp³-hybridized carbons (Fsp3) is 0.652. The number of carbonyl (C=O) groups is 2. The van der Waals surface area contributed by atoms with E-state index in [-0.39, 0.29) is 17.9 Å². The van der Waals surface area contributed by atoms with Gasteiger partial charge in [0, 0.05) is 33.2 Å². The molecule has 0 bridgehead atoms. The number of hydrogen-bond donors (Lipinski definition) is 0. The van der Waals surface area contributed by atoms with Crippen molar-refractivity contribution < 1.29 is 9.59 Å². The summed E-state index contributed by atoms with van der Waals surface area (Å²) in [5.41, 5.74) is 2.06. The second-order valence-electron chi connectivity index (χ2n) is 9.37. The molecule has 0 aliphatic carbocycles. The molecule has 28 heavy (non-hydrogen) atoms. The van der Waals surface area contributed by atoms with E-state index in [9.17, 15) is 9.59 Å². The second kappa shape index (κ2) is 8.24. The molecule has 5 nitrogen and oxygen atoms in total. The number of nitrogens with zero attached hydrogens (tertiary/aromatic N) is 3. The molecule has 2 saturated heterocycles. The summed E-state index contributed by atoms with van der Waals surface area (Å²) in [5.74, 6) is 0.963. The number of benzene rings is 1. The highest BCUT2D eigenvalue weighted by molar-refractivity contribution is 6.07. The zero-order valence-corrected chi connectivity index (χ0v) is 18.1. The van der Waals surface area contributed by atoms with Crippen molar-refractivity contribution in [2.24, 2.45) is 11.8 Å². The summed E-state index contributed by atoms with van der Waals surface area (Å²) in [5, 5.41) is 0. The monoisotopic (exact) mass is 385 g/mol. The number of urea groups is 1. The van der Waals surface area contributed by atoms with Crippen molar-refractivity contribution >= 4 is 11.9 Å². The highest BCUT2D eigenvalue weighted by atomic mass is 16.2. The van der Waals surface area contributed by atoms with Crippen molar-refractivity contribution in [2.45, 2.75) is 59.0 Å². The van der Waals surface area contributed by atoms with Crippen molar-refractivity contribution in [2.75, 3.05) is 26.7 Å². The van der Waals surface area contributed by atoms with Gasteiger partial charge in [0.05, 0.1) is 0 Å². The first-order valence-corrected chi connectivity index (χ1v) is 10.6. The molecule has 0 atom stereocenters. The molecule has 0 aromatic heterocycles. The Labute approximate surface area is 169 Å². The van der Waals surface area contributed by atoms with E-state index in [1.54, 1.807) is 11.9 Å². The van der Waals surface area contributed by atoms with Gasteiger partial charge in [0.15, 0.2) is 0 Å². The highest BCUT2D eigenvalue weighted by Gasteiger charge is 2.56. The van der Waals surface area contributed by atoms with Crippen LogP contribution in [0.5, 0.6) is 0 Å². The normalized spacial score (nSPS) is 20.2. The molecule has 0 radical (unpaired) electrons. The lowest BCUT2D eigenvalue weighted by atomic mass is 9.86. The topological polar surface area (TPSA) is 43.9 Å². The molecular weight excluding hydrogens is 350 g/mol. The van der Waals surface area contributed by atoms with Gasteiger partial charge >= 0.3 is 6.03 Å². The average Bonchev–Trinajstić information content (AvgIpc) is 2.81. The molecule has 2 aliphatic heterocycles. The fourth-order valence-corrected chi connectivity index (χ4v) is 4.51. The van der Waals surface area contributed by atoms with Gasteiger partial charge in [0.2, 0.25) is 0 Å². The minimum atomic E-state index is -0.635. The maximum atomic E-state index is 13.1. The quantitative estimate of drug-likeness (QED) is 0.700. The fourth-order valence-electron chi connectivity index (χ4n) is 4.51. The lowest BCUT2D eigenvalue weighted by Gasteiger charge is -2.40. The predicted octanol–water partition coefficient (Wildman–Crippen LogP) is 3.77. The maximum absolute atomic E-state index is 13.1. The Kier molecular flexibility index (Phi) is 6.13. The van der Waals surface area contributed by atoms with Crippen LogP contribution in [0.1, 0.15) is 51.7 Å². The van der Waals surface area contributed by atoms with Crippen LogP contribution >= 0.6 is 0 Å². The summed E-state index contributed by atoms with van der Waals surface area (Å²) >= 11 is 0. The molecule has 2 heterocycles. The van der Waals surface area contributed by atoms with Crippen LogP contribution in [0.15, 0.2) is 24.3 Å². The van der Waals surface area contributed by atoms with Gasteiger partial charge in [0.1, 0.15) is 5.54 Å². The molecule has 2 aliphatic rings. The summed E-state index contributed by atoms with van der Waals surface area (Å²) in [4.78, 5) is 31.3. The largest absolute Gasteiger partial charge is 0.327 e. The van der Waals surface area contributed by atoms with Gasteiger partial charge < -0.3 is 4.90 Å². The zero-order valence-electron chi connectivity index (χ0n) is 18.1. The Hall–Kier alpha value is -1.88. The SMILES string of the molecule is CC(C)Cc1ccc(CN2CCC3(CC2)C(=O)N(CC(C)C)C(=O)N3C)cc1. The maximum Gasteiger partial charge on any atom is 0.327 e. The minimum absolute atomic E-state index is 0.00592. The van der Waals surface area contributed by atoms with Gasteiger partial charge in [-0.2, -0.15) is 0 Å².